The van der Waals surface area contributed by atoms with Crippen LogP contribution in [0, 0.1) is 5.92 Å². The predicted octanol–water partition coefficient (Wildman–Crippen LogP) is 16.6. The number of rotatable bonds is 52. The molecule has 0 fully saturated rings. The number of hydrogen-bond donors (Lipinski definition) is 1. The molecule has 66 heavy (non-hydrogen) atoms. The summed E-state index contributed by atoms with van der Waals surface area (Å²) in [4.78, 5) is 40.6. The van der Waals surface area contributed by atoms with Gasteiger partial charge in [0.2, 0.25) is 5.91 Å². The van der Waals surface area contributed by atoms with E-state index >= 15 is 0 Å². The van der Waals surface area contributed by atoms with Crippen molar-refractivity contribution < 1.29 is 32.6 Å². The topological polar surface area (TPSA) is 105 Å². The molecule has 1 unspecified atom stereocenters. The van der Waals surface area contributed by atoms with Gasteiger partial charge >= 0.3 is 0 Å². The summed E-state index contributed by atoms with van der Waals surface area (Å²) in [7, 11) is 1.25. The normalized spacial score (nSPS) is 14.0. The molecule has 0 aliphatic heterocycles. The van der Waals surface area contributed by atoms with E-state index < -0.39 is 19.8 Å². The third-order valence-electron chi connectivity index (χ3n) is 13.1. The number of amides is 1. The third-order valence-corrected chi connectivity index (χ3v) is 14.0. The Kier molecular flexibility index (Phi) is 46.4. The van der Waals surface area contributed by atoms with Crippen molar-refractivity contribution >= 4 is 19.5 Å². The van der Waals surface area contributed by atoms with Gasteiger partial charge in [-0.15, -0.1) is 0 Å². The molecule has 0 spiro atoms. The van der Waals surface area contributed by atoms with E-state index in [1.54, 1.807) is 0 Å². The van der Waals surface area contributed by atoms with Gasteiger partial charge in [-0.3, -0.25) is 14.2 Å². The van der Waals surface area contributed by atoms with Gasteiger partial charge in [-0.1, -0.05) is 238 Å². The lowest BCUT2D eigenvalue weighted by Crippen LogP contribution is -2.46. The van der Waals surface area contributed by atoms with Crippen LogP contribution in [-0.4, -0.2) is 63.1 Å². The minimum atomic E-state index is -4.66. The molecule has 0 heterocycles. The number of carbonyl (C=O) groups is 2. The van der Waals surface area contributed by atoms with Crippen molar-refractivity contribution in [1.29, 1.82) is 0 Å². The lowest BCUT2D eigenvalue weighted by atomic mass is 9.90. The Hall–Kier alpha value is -1.31. The highest BCUT2D eigenvalue weighted by atomic mass is 31.2. The Labute approximate surface area is 410 Å². The molecule has 0 saturated carbocycles. The Morgan fingerprint density at radius 1 is 0.500 bits per heavy atom. The predicted molar refractivity (Wildman–Crippen MR) is 283 cm³/mol. The summed E-state index contributed by atoms with van der Waals surface area (Å²) in [5.41, 5.74) is 0. The van der Waals surface area contributed by atoms with E-state index in [2.05, 4.69) is 44.3 Å². The number of ketones is 1. The van der Waals surface area contributed by atoms with Crippen molar-refractivity contribution in [3.8, 4) is 0 Å². The molecular weight excluding hydrogens is 840 g/mol. The number of allylic oxidation sites excluding steroid dienone is 3. The van der Waals surface area contributed by atoms with Crippen LogP contribution < -0.4 is 10.2 Å². The molecule has 9 heteroatoms. The number of likely N-dealkylation sites (N-methyl/N-ethyl adjacent to an activating group) is 1. The fraction of sp³-hybridized carbons (Fsp3) is 0.895. The monoisotopic (exact) mass is 951 g/mol. The van der Waals surface area contributed by atoms with Crippen LogP contribution in [0.4, 0.5) is 0 Å². The van der Waals surface area contributed by atoms with Crippen LogP contribution in [0.1, 0.15) is 278 Å². The van der Waals surface area contributed by atoms with Gasteiger partial charge in [-0.05, 0) is 51.4 Å². The lowest BCUT2D eigenvalue weighted by Gasteiger charge is -2.30. The fourth-order valence-electron chi connectivity index (χ4n) is 8.62. The van der Waals surface area contributed by atoms with E-state index in [4.69, 9.17) is 9.05 Å². The quantitative estimate of drug-likeness (QED) is 0.0282. The lowest BCUT2D eigenvalue weighted by molar-refractivity contribution is -0.870. The number of nitrogens with zero attached hydrogens (tertiary/aromatic N) is 1. The van der Waals surface area contributed by atoms with Crippen molar-refractivity contribution in [3.05, 3.63) is 24.3 Å². The summed E-state index contributed by atoms with van der Waals surface area (Å²) in [6.07, 6.45) is 55.8. The molecule has 0 aliphatic rings. The van der Waals surface area contributed by atoms with E-state index in [-0.39, 0.29) is 24.9 Å². The largest absolute Gasteiger partial charge is 0.756 e. The highest BCUT2D eigenvalue weighted by molar-refractivity contribution is 7.45. The van der Waals surface area contributed by atoms with Gasteiger partial charge in [-0.2, -0.15) is 0 Å². The summed E-state index contributed by atoms with van der Waals surface area (Å²) in [5.74, 6) is -0.792. The second-order valence-corrected chi connectivity index (χ2v) is 22.2. The Bertz CT molecular complexity index is 1190. The first-order chi connectivity index (χ1) is 32.0. The van der Waals surface area contributed by atoms with Crippen molar-refractivity contribution in [1.82, 2.24) is 5.32 Å². The van der Waals surface area contributed by atoms with Gasteiger partial charge in [0.25, 0.3) is 7.82 Å². The smallest absolute Gasteiger partial charge is 0.268 e. The number of carbonyl (C=O) groups excluding carboxylic acids is 2. The molecular formula is C57H111N2O6P. The first-order valence-electron chi connectivity index (χ1n) is 28.5. The molecule has 0 aromatic carbocycles. The van der Waals surface area contributed by atoms with Crippen LogP contribution in [0.3, 0.4) is 0 Å². The second kappa shape index (κ2) is 47.4. The molecule has 0 rings (SSSR count). The number of phosphoric ester groups is 1. The van der Waals surface area contributed by atoms with Gasteiger partial charge < -0.3 is 23.7 Å². The molecule has 0 aromatic heterocycles. The Morgan fingerprint density at radius 2 is 0.848 bits per heavy atom. The molecule has 0 radical (unpaired) electrons. The van der Waals surface area contributed by atoms with Crippen LogP contribution in [-0.2, 0) is 23.2 Å². The van der Waals surface area contributed by atoms with Gasteiger partial charge in [0, 0.05) is 12.8 Å². The summed E-state index contributed by atoms with van der Waals surface area (Å²) in [6.45, 7) is 6.95. The summed E-state index contributed by atoms with van der Waals surface area (Å²) in [5, 5.41) is 3.08. The number of hydrogen-bond acceptors (Lipinski definition) is 6. The van der Waals surface area contributed by atoms with Crippen molar-refractivity contribution in [3.63, 3.8) is 0 Å². The fourth-order valence-corrected chi connectivity index (χ4v) is 9.35. The molecule has 0 aromatic rings. The Morgan fingerprint density at radius 3 is 1.24 bits per heavy atom. The maximum Gasteiger partial charge on any atom is 0.268 e. The van der Waals surface area contributed by atoms with Gasteiger partial charge in [0.15, 0.2) is 0 Å². The van der Waals surface area contributed by atoms with Crippen LogP contribution in [0.25, 0.3) is 0 Å². The number of nitrogens with one attached hydrogen (secondary N) is 1. The molecule has 8 nitrogen and oxygen atoms in total. The number of quaternary nitrogens is 1. The molecule has 0 bridgehead atoms. The zero-order valence-electron chi connectivity index (χ0n) is 44.7. The molecule has 390 valence electrons. The number of unbranched alkanes of at least 4 members (excludes halogenated alkanes) is 34. The van der Waals surface area contributed by atoms with Gasteiger partial charge in [0.05, 0.1) is 39.7 Å². The third kappa shape index (κ3) is 46.4. The first-order valence-corrected chi connectivity index (χ1v) is 30.0. The van der Waals surface area contributed by atoms with Crippen molar-refractivity contribution in [2.24, 2.45) is 5.92 Å². The standard InChI is InChI=1S/C57H111N2O6P/c1-7-10-13-16-19-22-25-28-29-32-35-38-41-44-47-50-57(61)58-55(53-65-66(62,63)64-52-51-59(4,5)6)54(48-45-42-39-36-33-30-26-23-20-17-14-11-8-2)56(60)49-46-43-40-37-34-31-27-24-21-18-15-12-9-3/h28-29,45,48,54-55H,7-27,30-44,46-47,49-53H2,1-6H3,(H-,58,61,62,63)/b29-28-,48-45+/t54-,55-/m1/s1. The van der Waals surface area contributed by atoms with Crippen LogP contribution in [0.5, 0.6) is 0 Å². The first kappa shape index (κ1) is 64.7. The average Bonchev–Trinajstić information content (AvgIpc) is 3.27. The molecule has 1 amide bonds. The molecule has 0 aliphatic carbocycles. The van der Waals surface area contributed by atoms with Gasteiger partial charge in [-0.25, -0.2) is 0 Å². The molecule has 0 saturated heterocycles. The van der Waals surface area contributed by atoms with Crippen LogP contribution in [0.15, 0.2) is 24.3 Å². The number of phosphoric acid groups is 1. The van der Waals surface area contributed by atoms with Crippen LogP contribution in [0.2, 0.25) is 0 Å². The maximum atomic E-state index is 14.1. The van der Waals surface area contributed by atoms with E-state index in [1.807, 2.05) is 27.2 Å². The average molecular weight is 951 g/mol. The minimum absolute atomic E-state index is 0.00292. The van der Waals surface area contributed by atoms with Crippen molar-refractivity contribution in [2.45, 2.75) is 284 Å². The highest BCUT2D eigenvalue weighted by Crippen LogP contribution is 2.38. The summed E-state index contributed by atoms with van der Waals surface area (Å²) < 4.78 is 24.2. The maximum absolute atomic E-state index is 14.1. The minimum Gasteiger partial charge on any atom is -0.756 e. The summed E-state index contributed by atoms with van der Waals surface area (Å²) >= 11 is 0. The Balaban J connectivity index is 5.39. The molecule has 3 atom stereocenters. The van der Waals surface area contributed by atoms with Crippen molar-refractivity contribution in [2.75, 3.05) is 40.9 Å². The van der Waals surface area contributed by atoms with Gasteiger partial charge in [0.1, 0.15) is 18.9 Å². The SMILES string of the molecule is CCCCCCCC/C=C\CCCCCCCC(=O)N[C@H](COP(=O)([O-])OCC[N+](C)(C)C)[C@@H](/C=C/CCCCCCCCCCCCC)C(=O)CCCCCCCCCCCCCCC. The van der Waals surface area contributed by atoms with Crippen LogP contribution >= 0.6 is 7.82 Å². The molecule has 1 N–H and O–H groups in total. The van der Waals surface area contributed by atoms with E-state index in [1.165, 1.54) is 173 Å². The number of Topliss-reactive ketones (excluding diaryl/α,β-unsaturated/α-hetero) is 1. The zero-order chi connectivity index (χ0) is 48.7. The van der Waals surface area contributed by atoms with E-state index in [0.717, 1.165) is 70.6 Å². The zero-order valence-corrected chi connectivity index (χ0v) is 45.6. The second-order valence-electron chi connectivity index (χ2n) is 20.8. The summed E-state index contributed by atoms with van der Waals surface area (Å²) in [6, 6.07) is -0.798. The van der Waals surface area contributed by atoms with E-state index in [0.29, 0.717) is 23.9 Å². The van der Waals surface area contributed by atoms with E-state index in [9.17, 15) is 19.0 Å². The highest BCUT2D eigenvalue weighted by Gasteiger charge is 2.29.